The third-order valence-corrected chi connectivity index (χ3v) is 3.33. The van der Waals surface area contributed by atoms with Crippen molar-refractivity contribution in [2.24, 2.45) is 0 Å². The number of carbonyl (C=O) groups is 2. The Hall–Kier alpha value is -1.88. The second-order valence-electron chi connectivity index (χ2n) is 5.00. The zero-order valence-corrected chi connectivity index (χ0v) is 13.0. The SMILES string of the molecule is CCC(C)NCC(=O)N(CC(=O)OC)Cc1ccccc1. The topological polar surface area (TPSA) is 58.6 Å². The molecule has 21 heavy (non-hydrogen) atoms. The van der Waals surface area contributed by atoms with E-state index in [1.165, 1.54) is 12.0 Å². The third-order valence-electron chi connectivity index (χ3n) is 3.33. The molecule has 0 saturated heterocycles. The first-order valence-electron chi connectivity index (χ1n) is 7.18. The minimum atomic E-state index is -0.414. The normalized spacial score (nSPS) is 11.8. The molecule has 0 radical (unpaired) electrons. The van der Waals surface area contributed by atoms with Crippen molar-refractivity contribution in [1.29, 1.82) is 0 Å². The molecule has 0 fully saturated rings. The van der Waals surface area contributed by atoms with Crippen molar-refractivity contribution in [3.63, 3.8) is 0 Å². The maximum absolute atomic E-state index is 12.3. The van der Waals surface area contributed by atoms with Crippen LogP contribution in [0, 0.1) is 0 Å². The van der Waals surface area contributed by atoms with Gasteiger partial charge < -0.3 is 15.0 Å². The number of nitrogens with one attached hydrogen (secondary N) is 1. The van der Waals surface area contributed by atoms with Crippen molar-refractivity contribution >= 4 is 11.9 Å². The molecule has 0 spiro atoms. The molecule has 0 heterocycles. The molecule has 0 aliphatic carbocycles. The number of hydrogen-bond acceptors (Lipinski definition) is 4. The van der Waals surface area contributed by atoms with E-state index in [2.05, 4.69) is 17.0 Å². The molecule has 1 N–H and O–H groups in total. The van der Waals surface area contributed by atoms with Crippen molar-refractivity contribution in [2.75, 3.05) is 20.2 Å². The summed E-state index contributed by atoms with van der Waals surface area (Å²) >= 11 is 0. The van der Waals surface area contributed by atoms with Crippen LogP contribution in [0.2, 0.25) is 0 Å². The minimum Gasteiger partial charge on any atom is -0.468 e. The Bertz CT molecular complexity index is 448. The Morgan fingerprint density at radius 2 is 1.95 bits per heavy atom. The molecule has 0 bridgehead atoms. The van der Waals surface area contributed by atoms with Gasteiger partial charge in [0.15, 0.2) is 0 Å². The molecule has 0 aliphatic heterocycles. The van der Waals surface area contributed by atoms with Crippen molar-refractivity contribution < 1.29 is 14.3 Å². The summed E-state index contributed by atoms with van der Waals surface area (Å²) in [5, 5.41) is 3.15. The second kappa shape index (κ2) is 9.13. The summed E-state index contributed by atoms with van der Waals surface area (Å²) in [6, 6.07) is 9.87. The maximum Gasteiger partial charge on any atom is 0.325 e. The van der Waals surface area contributed by atoms with Crippen LogP contribution in [0.5, 0.6) is 0 Å². The average molecular weight is 292 g/mol. The fourth-order valence-corrected chi connectivity index (χ4v) is 1.77. The highest BCUT2D eigenvalue weighted by atomic mass is 16.5. The fraction of sp³-hybridized carbons (Fsp3) is 0.500. The van der Waals surface area contributed by atoms with Crippen molar-refractivity contribution in [2.45, 2.75) is 32.9 Å². The van der Waals surface area contributed by atoms with Crippen LogP contribution in [0.4, 0.5) is 0 Å². The van der Waals surface area contributed by atoms with Crippen LogP contribution in [-0.2, 0) is 20.9 Å². The first-order chi connectivity index (χ1) is 10.1. The van der Waals surface area contributed by atoms with Crippen LogP contribution < -0.4 is 5.32 Å². The standard InChI is InChI=1S/C16H24N2O3/c1-4-13(2)17-10-15(19)18(12-16(20)21-3)11-14-8-6-5-7-9-14/h5-9,13,17H,4,10-12H2,1-3H3. The zero-order chi connectivity index (χ0) is 15.7. The summed E-state index contributed by atoms with van der Waals surface area (Å²) in [7, 11) is 1.32. The highest BCUT2D eigenvalue weighted by Crippen LogP contribution is 2.05. The van der Waals surface area contributed by atoms with E-state index in [1.807, 2.05) is 37.3 Å². The number of nitrogens with zero attached hydrogens (tertiary/aromatic N) is 1. The minimum absolute atomic E-state index is 0.0353. The first-order valence-corrected chi connectivity index (χ1v) is 7.18. The number of benzene rings is 1. The molecule has 0 aliphatic rings. The summed E-state index contributed by atoms with van der Waals surface area (Å²) in [5.74, 6) is -0.521. The van der Waals surface area contributed by atoms with Crippen LogP contribution in [0.25, 0.3) is 0 Å². The average Bonchev–Trinajstić information content (AvgIpc) is 2.52. The Morgan fingerprint density at radius 1 is 1.29 bits per heavy atom. The number of esters is 1. The van der Waals surface area contributed by atoms with Gasteiger partial charge in [-0.3, -0.25) is 9.59 Å². The van der Waals surface area contributed by atoms with Crippen molar-refractivity contribution in [1.82, 2.24) is 10.2 Å². The van der Waals surface area contributed by atoms with Gasteiger partial charge in [-0.25, -0.2) is 0 Å². The lowest BCUT2D eigenvalue weighted by Crippen LogP contribution is -2.42. The Morgan fingerprint density at radius 3 is 2.52 bits per heavy atom. The Balaban J connectivity index is 2.67. The number of methoxy groups -OCH3 is 1. The van der Waals surface area contributed by atoms with Gasteiger partial charge in [0.1, 0.15) is 6.54 Å². The summed E-state index contributed by atoms with van der Waals surface area (Å²) in [5.41, 5.74) is 0.985. The van der Waals surface area contributed by atoms with Gasteiger partial charge in [-0.05, 0) is 18.9 Å². The van der Waals surface area contributed by atoms with Gasteiger partial charge in [0, 0.05) is 12.6 Å². The Kier molecular flexibility index (Phi) is 7.46. The Labute approximate surface area is 126 Å². The summed E-state index contributed by atoms with van der Waals surface area (Å²) in [4.78, 5) is 25.3. The molecule has 5 heteroatoms. The van der Waals surface area contributed by atoms with E-state index in [0.717, 1.165) is 12.0 Å². The van der Waals surface area contributed by atoms with Crippen LogP contribution in [0.15, 0.2) is 30.3 Å². The number of rotatable bonds is 8. The monoisotopic (exact) mass is 292 g/mol. The highest BCUT2D eigenvalue weighted by molar-refractivity contribution is 5.83. The summed E-state index contributed by atoms with van der Waals surface area (Å²) in [6.45, 7) is 4.66. The van der Waals surface area contributed by atoms with E-state index in [4.69, 9.17) is 0 Å². The molecule has 0 saturated carbocycles. The van der Waals surface area contributed by atoms with Crippen LogP contribution in [0.1, 0.15) is 25.8 Å². The lowest BCUT2D eigenvalue weighted by molar-refractivity contribution is -0.147. The van der Waals surface area contributed by atoms with E-state index in [1.54, 1.807) is 0 Å². The van der Waals surface area contributed by atoms with Crippen LogP contribution in [0.3, 0.4) is 0 Å². The third kappa shape index (κ3) is 6.40. The fourth-order valence-electron chi connectivity index (χ4n) is 1.77. The second-order valence-corrected chi connectivity index (χ2v) is 5.00. The zero-order valence-electron chi connectivity index (χ0n) is 13.0. The molecule has 1 amide bonds. The predicted octanol–water partition coefficient (Wildman–Crippen LogP) is 1.58. The van der Waals surface area contributed by atoms with Crippen LogP contribution in [-0.4, -0.2) is 43.0 Å². The quantitative estimate of drug-likeness (QED) is 0.739. The number of carbonyl (C=O) groups excluding carboxylic acids is 2. The summed E-state index contributed by atoms with van der Waals surface area (Å²) in [6.07, 6.45) is 0.947. The van der Waals surface area contributed by atoms with Gasteiger partial charge in [0.05, 0.1) is 13.7 Å². The number of ether oxygens (including phenoxy) is 1. The molecule has 1 aromatic carbocycles. The van der Waals surface area contributed by atoms with Crippen molar-refractivity contribution in [3.8, 4) is 0 Å². The van der Waals surface area contributed by atoms with E-state index in [0.29, 0.717) is 6.54 Å². The molecule has 0 aromatic heterocycles. The van der Waals surface area contributed by atoms with E-state index in [9.17, 15) is 9.59 Å². The number of amides is 1. The van der Waals surface area contributed by atoms with Gasteiger partial charge in [0.2, 0.25) is 5.91 Å². The smallest absolute Gasteiger partial charge is 0.325 e. The van der Waals surface area contributed by atoms with Crippen LogP contribution >= 0.6 is 0 Å². The van der Waals surface area contributed by atoms with E-state index < -0.39 is 5.97 Å². The van der Waals surface area contributed by atoms with E-state index >= 15 is 0 Å². The molecular weight excluding hydrogens is 268 g/mol. The summed E-state index contributed by atoms with van der Waals surface area (Å²) < 4.78 is 4.66. The molecule has 1 unspecified atom stereocenters. The molecule has 5 nitrogen and oxygen atoms in total. The van der Waals surface area contributed by atoms with E-state index in [-0.39, 0.29) is 25.0 Å². The highest BCUT2D eigenvalue weighted by Gasteiger charge is 2.18. The number of hydrogen-bond donors (Lipinski definition) is 1. The van der Waals surface area contributed by atoms with Gasteiger partial charge >= 0.3 is 5.97 Å². The maximum atomic E-state index is 12.3. The van der Waals surface area contributed by atoms with Gasteiger partial charge in [0.25, 0.3) is 0 Å². The van der Waals surface area contributed by atoms with Crippen molar-refractivity contribution in [3.05, 3.63) is 35.9 Å². The molecule has 1 aromatic rings. The van der Waals surface area contributed by atoms with Gasteiger partial charge in [-0.1, -0.05) is 37.3 Å². The first kappa shape index (κ1) is 17.2. The van der Waals surface area contributed by atoms with Gasteiger partial charge in [-0.15, -0.1) is 0 Å². The molecule has 1 rings (SSSR count). The molecule has 1 atom stereocenters. The lowest BCUT2D eigenvalue weighted by Gasteiger charge is -2.23. The molecule has 116 valence electrons. The largest absolute Gasteiger partial charge is 0.468 e. The predicted molar refractivity (Wildman–Crippen MR) is 81.6 cm³/mol. The van der Waals surface area contributed by atoms with Gasteiger partial charge in [-0.2, -0.15) is 0 Å². The molecular formula is C16H24N2O3. The lowest BCUT2D eigenvalue weighted by atomic mass is 10.2.